The van der Waals surface area contributed by atoms with Crippen molar-refractivity contribution >= 4 is 0 Å². The van der Waals surface area contributed by atoms with E-state index in [1.165, 1.54) is 22.3 Å². The van der Waals surface area contributed by atoms with Gasteiger partial charge < -0.3 is 14.7 Å². The summed E-state index contributed by atoms with van der Waals surface area (Å²) in [5.41, 5.74) is 5.73. The van der Waals surface area contributed by atoms with Crippen molar-refractivity contribution in [3.63, 3.8) is 0 Å². The van der Waals surface area contributed by atoms with Crippen LogP contribution in [0.3, 0.4) is 0 Å². The summed E-state index contributed by atoms with van der Waals surface area (Å²) in [6, 6.07) is 2.89. The second-order valence-electron chi connectivity index (χ2n) is 8.58. The van der Waals surface area contributed by atoms with Gasteiger partial charge in [0.25, 0.3) is 0 Å². The van der Waals surface area contributed by atoms with Crippen LogP contribution in [0.1, 0.15) is 42.0 Å². The number of rotatable bonds is 0. The second kappa shape index (κ2) is 4.31. The summed E-state index contributed by atoms with van der Waals surface area (Å²) in [5.74, 6) is 2.06. The Bertz CT molecular complexity index is 699. The number of piperidine rings is 1. The normalized spacial score (nSPS) is 44.0. The number of aliphatic hydroxyl groups is 1. The average Bonchev–Trinajstić information content (AvgIpc) is 2.85. The summed E-state index contributed by atoms with van der Waals surface area (Å²) in [6.07, 6.45) is 3.02. The standard InChI is InChI=1S/C20H27NO2/c1-10-7-12(3)18-16-13(10)9-15-14-8-11(2)17(22)19(23-18)20(14,16)5-6-21(15)4/h7,11,14-15,17,19,22H,5-6,8-9H2,1-4H3/t11-,14+,15-,17?,19+,20+/m1/s1. The second-order valence-corrected chi connectivity index (χ2v) is 8.58. The van der Waals surface area contributed by atoms with Crippen LogP contribution in [0.2, 0.25) is 0 Å². The minimum atomic E-state index is -0.339. The number of nitrogens with zero attached hydrogens (tertiary/aromatic N) is 1. The molecule has 1 saturated carbocycles. The predicted molar refractivity (Wildman–Crippen MR) is 90.0 cm³/mol. The molecule has 0 amide bonds. The van der Waals surface area contributed by atoms with Gasteiger partial charge >= 0.3 is 0 Å². The quantitative estimate of drug-likeness (QED) is 0.799. The van der Waals surface area contributed by atoms with E-state index in [2.05, 4.69) is 38.8 Å². The maximum atomic E-state index is 10.9. The summed E-state index contributed by atoms with van der Waals surface area (Å²) in [7, 11) is 2.29. The zero-order valence-electron chi connectivity index (χ0n) is 14.6. The van der Waals surface area contributed by atoms with Gasteiger partial charge in [-0.05, 0) is 75.2 Å². The highest BCUT2D eigenvalue weighted by Gasteiger charge is 2.66. The van der Waals surface area contributed by atoms with Crippen molar-refractivity contribution in [3.8, 4) is 5.75 Å². The zero-order valence-corrected chi connectivity index (χ0v) is 14.6. The number of benzene rings is 1. The molecule has 4 aliphatic rings. The van der Waals surface area contributed by atoms with Gasteiger partial charge in [-0.2, -0.15) is 0 Å². The van der Waals surface area contributed by atoms with E-state index in [-0.39, 0.29) is 17.6 Å². The van der Waals surface area contributed by atoms with Crippen molar-refractivity contribution < 1.29 is 9.84 Å². The van der Waals surface area contributed by atoms with Crippen molar-refractivity contribution in [1.29, 1.82) is 0 Å². The zero-order chi connectivity index (χ0) is 16.1. The molecule has 0 aromatic heterocycles. The third-order valence-electron chi connectivity index (χ3n) is 7.52. The molecule has 2 bridgehead atoms. The van der Waals surface area contributed by atoms with Gasteiger partial charge in [0.05, 0.1) is 6.10 Å². The molecule has 1 aromatic carbocycles. The topological polar surface area (TPSA) is 32.7 Å². The minimum absolute atomic E-state index is 0.0398. The number of ether oxygens (including phenoxy) is 1. The van der Waals surface area contributed by atoms with Crippen molar-refractivity contribution in [2.75, 3.05) is 13.6 Å². The number of aryl methyl sites for hydroxylation is 2. The molecule has 124 valence electrons. The number of hydrogen-bond acceptors (Lipinski definition) is 3. The Labute approximate surface area is 138 Å². The molecule has 1 unspecified atom stereocenters. The molecule has 1 spiro atoms. The van der Waals surface area contributed by atoms with E-state index in [1.807, 2.05) is 0 Å². The van der Waals surface area contributed by atoms with Crippen molar-refractivity contribution in [2.45, 2.75) is 63.7 Å². The summed E-state index contributed by atoms with van der Waals surface area (Å²) < 4.78 is 6.51. The van der Waals surface area contributed by atoms with E-state index in [1.54, 1.807) is 0 Å². The third-order valence-corrected chi connectivity index (χ3v) is 7.52. The summed E-state index contributed by atoms with van der Waals surface area (Å²) in [5, 5.41) is 10.9. The monoisotopic (exact) mass is 313 g/mol. The van der Waals surface area contributed by atoms with E-state index >= 15 is 0 Å². The maximum absolute atomic E-state index is 10.9. The summed E-state index contributed by atoms with van der Waals surface area (Å²) in [4.78, 5) is 2.57. The molecular weight excluding hydrogens is 286 g/mol. The van der Waals surface area contributed by atoms with Crippen LogP contribution in [-0.2, 0) is 11.8 Å². The van der Waals surface area contributed by atoms with Crippen LogP contribution in [0, 0.1) is 25.7 Å². The number of hydrogen-bond donors (Lipinski definition) is 1. The molecular formula is C20H27NO2. The van der Waals surface area contributed by atoms with Gasteiger partial charge in [0, 0.05) is 17.0 Å². The Morgan fingerprint density at radius 3 is 2.87 bits per heavy atom. The van der Waals surface area contributed by atoms with Gasteiger partial charge in [-0.1, -0.05) is 13.0 Å². The van der Waals surface area contributed by atoms with Crippen LogP contribution < -0.4 is 4.74 Å². The third kappa shape index (κ3) is 1.49. The predicted octanol–water partition coefficient (Wildman–Crippen LogP) is 2.58. The highest BCUT2D eigenvalue weighted by molar-refractivity contribution is 5.60. The molecule has 1 aromatic rings. The molecule has 23 heavy (non-hydrogen) atoms. The number of aliphatic hydroxyl groups excluding tert-OH is 1. The van der Waals surface area contributed by atoms with Crippen LogP contribution in [0.4, 0.5) is 0 Å². The fourth-order valence-electron chi connectivity index (χ4n) is 6.40. The van der Waals surface area contributed by atoms with Gasteiger partial charge in [-0.25, -0.2) is 0 Å². The van der Waals surface area contributed by atoms with E-state index < -0.39 is 0 Å². The van der Waals surface area contributed by atoms with Crippen LogP contribution in [-0.4, -0.2) is 41.8 Å². The first-order valence-electron chi connectivity index (χ1n) is 9.13. The Balaban J connectivity index is 1.83. The smallest absolute Gasteiger partial charge is 0.135 e. The van der Waals surface area contributed by atoms with Crippen LogP contribution in [0.25, 0.3) is 0 Å². The molecule has 2 aliphatic carbocycles. The van der Waals surface area contributed by atoms with Gasteiger partial charge in [0.1, 0.15) is 11.9 Å². The Morgan fingerprint density at radius 1 is 1.30 bits per heavy atom. The number of likely N-dealkylation sites (tertiary alicyclic amines) is 1. The van der Waals surface area contributed by atoms with Gasteiger partial charge in [-0.15, -0.1) is 0 Å². The lowest BCUT2D eigenvalue weighted by atomic mass is 9.49. The minimum Gasteiger partial charge on any atom is -0.486 e. The SMILES string of the molecule is Cc1cc(C)c2c3c1C[C@@H]1[C@@H]4C[C@@H](C)C(O)[C@H](O2)[C@]34CCN1C. The molecule has 2 aliphatic heterocycles. The van der Waals surface area contributed by atoms with Crippen molar-refractivity contribution in [2.24, 2.45) is 11.8 Å². The van der Waals surface area contributed by atoms with Crippen molar-refractivity contribution in [3.05, 3.63) is 28.3 Å². The largest absolute Gasteiger partial charge is 0.486 e. The maximum Gasteiger partial charge on any atom is 0.135 e. The van der Waals surface area contributed by atoms with Gasteiger partial charge in [0.15, 0.2) is 0 Å². The molecule has 2 heterocycles. The van der Waals surface area contributed by atoms with E-state index in [4.69, 9.17) is 4.74 Å². The van der Waals surface area contributed by atoms with Crippen LogP contribution in [0.15, 0.2) is 6.07 Å². The first kappa shape index (κ1) is 14.3. The Kier molecular flexibility index (Phi) is 2.68. The van der Waals surface area contributed by atoms with Crippen molar-refractivity contribution in [1.82, 2.24) is 4.90 Å². The first-order valence-corrected chi connectivity index (χ1v) is 9.13. The highest BCUT2D eigenvalue weighted by atomic mass is 16.5. The fourth-order valence-corrected chi connectivity index (χ4v) is 6.40. The van der Waals surface area contributed by atoms with E-state index in [0.29, 0.717) is 17.9 Å². The molecule has 3 nitrogen and oxygen atoms in total. The van der Waals surface area contributed by atoms with Crippen LogP contribution >= 0.6 is 0 Å². The molecule has 2 fully saturated rings. The molecule has 3 heteroatoms. The van der Waals surface area contributed by atoms with Crippen LogP contribution in [0.5, 0.6) is 5.75 Å². The highest BCUT2D eigenvalue weighted by Crippen LogP contribution is 2.63. The van der Waals surface area contributed by atoms with Gasteiger partial charge in [-0.3, -0.25) is 0 Å². The number of likely N-dealkylation sites (N-methyl/N-ethyl adjacent to an activating group) is 1. The van der Waals surface area contributed by atoms with E-state index in [0.717, 1.165) is 31.6 Å². The molecule has 1 saturated heterocycles. The molecule has 1 N–H and O–H groups in total. The van der Waals surface area contributed by atoms with E-state index in [9.17, 15) is 5.11 Å². The Hall–Kier alpha value is -1.06. The lowest BCUT2D eigenvalue weighted by Crippen LogP contribution is -2.67. The lowest BCUT2D eigenvalue weighted by molar-refractivity contribution is -0.122. The summed E-state index contributed by atoms with van der Waals surface area (Å²) in [6.45, 7) is 7.74. The lowest BCUT2D eigenvalue weighted by Gasteiger charge is -2.59. The first-order chi connectivity index (χ1) is 10.9. The molecule has 0 radical (unpaired) electrons. The van der Waals surface area contributed by atoms with Gasteiger partial charge in [0.2, 0.25) is 0 Å². The molecule has 5 rings (SSSR count). The average molecular weight is 313 g/mol. The molecule has 6 atom stereocenters. The summed E-state index contributed by atoms with van der Waals surface area (Å²) >= 11 is 0. The Morgan fingerprint density at radius 2 is 2.09 bits per heavy atom. The fraction of sp³-hybridized carbons (Fsp3) is 0.700.